The summed E-state index contributed by atoms with van der Waals surface area (Å²) in [5.74, 6) is 1.45. The van der Waals surface area contributed by atoms with Crippen molar-refractivity contribution in [2.45, 2.75) is 32.1 Å². The van der Waals surface area contributed by atoms with Gasteiger partial charge in [-0.3, -0.25) is 0 Å². The molecular formula is C8H17NS. The Bertz CT molecular complexity index is 114. The Balaban J connectivity index is 2.49. The summed E-state index contributed by atoms with van der Waals surface area (Å²) in [6.45, 7) is 7.89. The molecule has 0 aliphatic carbocycles. The molecule has 1 N–H and O–H groups in total. The van der Waals surface area contributed by atoms with Crippen LogP contribution in [-0.2, 0) is 0 Å². The summed E-state index contributed by atoms with van der Waals surface area (Å²) in [5.41, 5.74) is 0. The van der Waals surface area contributed by atoms with Crippen molar-refractivity contribution in [3.8, 4) is 0 Å². The molecule has 1 fully saturated rings. The zero-order chi connectivity index (χ0) is 7.72. The van der Waals surface area contributed by atoms with E-state index in [4.69, 9.17) is 0 Å². The van der Waals surface area contributed by atoms with Crippen molar-refractivity contribution in [2.24, 2.45) is 11.8 Å². The van der Waals surface area contributed by atoms with E-state index in [1.165, 1.54) is 0 Å². The molecule has 0 radical (unpaired) electrons. The molecule has 1 aliphatic rings. The van der Waals surface area contributed by atoms with Gasteiger partial charge in [-0.25, -0.2) is 0 Å². The third kappa shape index (κ3) is 1.48. The van der Waals surface area contributed by atoms with Crippen LogP contribution in [0.1, 0.15) is 20.8 Å². The predicted octanol–water partition coefficient (Wildman–Crippen LogP) is 1.55. The van der Waals surface area contributed by atoms with Gasteiger partial charge in [0.15, 0.2) is 0 Å². The molecule has 10 heavy (non-hydrogen) atoms. The molecule has 0 aromatic carbocycles. The fourth-order valence-corrected chi connectivity index (χ4v) is 2.10. The Morgan fingerprint density at radius 1 is 1.50 bits per heavy atom. The van der Waals surface area contributed by atoms with Gasteiger partial charge in [0.2, 0.25) is 0 Å². The summed E-state index contributed by atoms with van der Waals surface area (Å²) in [4.78, 5) is 0. The van der Waals surface area contributed by atoms with E-state index in [0.29, 0.717) is 17.2 Å². The first-order valence-corrected chi connectivity index (χ1v) is 4.56. The van der Waals surface area contributed by atoms with E-state index in [1.54, 1.807) is 0 Å². The predicted molar refractivity (Wildman–Crippen MR) is 48.6 cm³/mol. The van der Waals surface area contributed by atoms with Crippen LogP contribution in [0.15, 0.2) is 0 Å². The lowest BCUT2D eigenvalue weighted by atomic mass is 9.98. The number of hydrogen-bond acceptors (Lipinski definition) is 2. The Morgan fingerprint density at radius 3 is 2.30 bits per heavy atom. The van der Waals surface area contributed by atoms with Crippen molar-refractivity contribution in [1.82, 2.24) is 5.32 Å². The SMILES string of the molecule is CC(C)C1NCC(C)C1S. The summed E-state index contributed by atoms with van der Waals surface area (Å²) < 4.78 is 0. The van der Waals surface area contributed by atoms with Crippen molar-refractivity contribution in [2.75, 3.05) is 6.54 Å². The standard InChI is InChI=1S/C8H17NS/c1-5(2)7-8(10)6(3)4-9-7/h5-10H,4H2,1-3H3. The van der Waals surface area contributed by atoms with E-state index in [0.717, 1.165) is 12.5 Å². The topological polar surface area (TPSA) is 12.0 Å². The number of rotatable bonds is 1. The molecule has 0 aromatic rings. The zero-order valence-electron chi connectivity index (χ0n) is 6.96. The van der Waals surface area contributed by atoms with Crippen molar-refractivity contribution < 1.29 is 0 Å². The second-order valence-electron chi connectivity index (χ2n) is 3.65. The van der Waals surface area contributed by atoms with Gasteiger partial charge in [0.05, 0.1) is 0 Å². The molecule has 0 spiro atoms. The van der Waals surface area contributed by atoms with Crippen LogP contribution in [0, 0.1) is 11.8 Å². The molecule has 0 aromatic heterocycles. The summed E-state index contributed by atoms with van der Waals surface area (Å²) in [6.07, 6.45) is 0. The van der Waals surface area contributed by atoms with Crippen LogP contribution in [0.25, 0.3) is 0 Å². The summed E-state index contributed by atoms with van der Waals surface area (Å²) in [6, 6.07) is 0.623. The molecule has 3 unspecified atom stereocenters. The molecule has 1 heterocycles. The molecule has 3 atom stereocenters. The lowest BCUT2D eigenvalue weighted by Gasteiger charge is -2.20. The first-order chi connectivity index (χ1) is 4.63. The van der Waals surface area contributed by atoms with E-state index in [1.807, 2.05) is 0 Å². The molecule has 1 rings (SSSR count). The van der Waals surface area contributed by atoms with Crippen LogP contribution in [0.5, 0.6) is 0 Å². The van der Waals surface area contributed by atoms with Gasteiger partial charge in [-0.2, -0.15) is 12.6 Å². The van der Waals surface area contributed by atoms with E-state index in [2.05, 4.69) is 38.7 Å². The molecule has 0 saturated carbocycles. The maximum atomic E-state index is 4.56. The second-order valence-corrected chi connectivity index (χ2v) is 4.24. The normalized spacial score (nSPS) is 41.1. The lowest BCUT2D eigenvalue weighted by Crippen LogP contribution is -2.33. The molecule has 1 saturated heterocycles. The van der Waals surface area contributed by atoms with Gasteiger partial charge in [0.1, 0.15) is 0 Å². The van der Waals surface area contributed by atoms with Gasteiger partial charge in [-0.15, -0.1) is 0 Å². The first kappa shape index (κ1) is 8.41. The maximum Gasteiger partial charge on any atom is 0.0211 e. The van der Waals surface area contributed by atoms with E-state index in [9.17, 15) is 0 Å². The van der Waals surface area contributed by atoms with E-state index < -0.39 is 0 Å². The van der Waals surface area contributed by atoms with Gasteiger partial charge in [-0.05, 0) is 18.4 Å². The fraction of sp³-hybridized carbons (Fsp3) is 1.00. The average Bonchev–Trinajstić information content (AvgIpc) is 2.14. The third-order valence-electron chi connectivity index (χ3n) is 2.34. The second kappa shape index (κ2) is 3.14. The molecule has 1 aliphatic heterocycles. The molecule has 0 bridgehead atoms. The zero-order valence-corrected chi connectivity index (χ0v) is 7.86. The highest BCUT2D eigenvalue weighted by molar-refractivity contribution is 7.81. The van der Waals surface area contributed by atoms with Crippen LogP contribution in [-0.4, -0.2) is 17.8 Å². The van der Waals surface area contributed by atoms with Crippen LogP contribution in [0.2, 0.25) is 0 Å². The minimum Gasteiger partial charge on any atom is -0.312 e. The highest BCUT2D eigenvalue weighted by Gasteiger charge is 2.31. The number of thiol groups is 1. The van der Waals surface area contributed by atoms with Crippen LogP contribution < -0.4 is 5.32 Å². The lowest BCUT2D eigenvalue weighted by molar-refractivity contribution is 0.454. The van der Waals surface area contributed by atoms with Crippen LogP contribution >= 0.6 is 12.6 Å². The van der Waals surface area contributed by atoms with Gasteiger partial charge < -0.3 is 5.32 Å². The van der Waals surface area contributed by atoms with Gasteiger partial charge in [0, 0.05) is 11.3 Å². The fourth-order valence-electron chi connectivity index (χ4n) is 1.55. The van der Waals surface area contributed by atoms with Gasteiger partial charge in [-0.1, -0.05) is 20.8 Å². The van der Waals surface area contributed by atoms with Crippen LogP contribution in [0.4, 0.5) is 0 Å². The third-order valence-corrected chi connectivity index (χ3v) is 3.17. The monoisotopic (exact) mass is 159 g/mol. The van der Waals surface area contributed by atoms with Gasteiger partial charge >= 0.3 is 0 Å². The Kier molecular flexibility index (Phi) is 2.64. The molecular weight excluding hydrogens is 142 g/mol. The van der Waals surface area contributed by atoms with Crippen molar-refractivity contribution in [1.29, 1.82) is 0 Å². The Hall–Kier alpha value is 0.310. The Labute approximate surface area is 69.0 Å². The summed E-state index contributed by atoms with van der Waals surface area (Å²) >= 11 is 4.56. The summed E-state index contributed by atoms with van der Waals surface area (Å²) in [7, 11) is 0. The molecule has 2 heteroatoms. The number of hydrogen-bond donors (Lipinski definition) is 2. The van der Waals surface area contributed by atoms with Crippen molar-refractivity contribution in [3.05, 3.63) is 0 Å². The van der Waals surface area contributed by atoms with E-state index in [-0.39, 0.29) is 0 Å². The average molecular weight is 159 g/mol. The number of nitrogens with one attached hydrogen (secondary N) is 1. The minimum atomic E-state index is 0.556. The largest absolute Gasteiger partial charge is 0.312 e. The highest BCUT2D eigenvalue weighted by Crippen LogP contribution is 2.24. The molecule has 1 nitrogen and oxygen atoms in total. The highest BCUT2D eigenvalue weighted by atomic mass is 32.1. The van der Waals surface area contributed by atoms with Crippen LogP contribution in [0.3, 0.4) is 0 Å². The summed E-state index contributed by atoms with van der Waals surface area (Å²) in [5, 5.41) is 4.03. The van der Waals surface area contributed by atoms with Crippen molar-refractivity contribution in [3.63, 3.8) is 0 Å². The smallest absolute Gasteiger partial charge is 0.0211 e. The van der Waals surface area contributed by atoms with Crippen molar-refractivity contribution >= 4 is 12.6 Å². The minimum absolute atomic E-state index is 0.556. The first-order valence-electron chi connectivity index (χ1n) is 4.04. The maximum absolute atomic E-state index is 4.56. The van der Waals surface area contributed by atoms with E-state index >= 15 is 0 Å². The molecule has 60 valence electrons. The quantitative estimate of drug-likeness (QED) is 0.553. The van der Waals surface area contributed by atoms with Gasteiger partial charge in [0.25, 0.3) is 0 Å². The molecule has 0 amide bonds. The Morgan fingerprint density at radius 2 is 2.10 bits per heavy atom.